The Labute approximate surface area is 117 Å². The van der Waals surface area contributed by atoms with Crippen LogP contribution in [0, 0.1) is 5.92 Å². The summed E-state index contributed by atoms with van der Waals surface area (Å²) in [5, 5.41) is 3.39. The number of aromatic nitrogens is 2. The Morgan fingerprint density at radius 2 is 2.05 bits per heavy atom. The van der Waals surface area contributed by atoms with E-state index in [0.717, 1.165) is 24.7 Å². The molecule has 1 unspecified atom stereocenters. The highest BCUT2D eigenvalue weighted by Crippen LogP contribution is 2.15. The zero-order valence-electron chi connectivity index (χ0n) is 12.5. The topological polar surface area (TPSA) is 47.0 Å². The summed E-state index contributed by atoms with van der Waals surface area (Å²) in [4.78, 5) is 8.33. The first-order valence-corrected chi connectivity index (χ1v) is 7.48. The molecule has 0 aliphatic heterocycles. The molecule has 108 valence electrons. The summed E-state index contributed by atoms with van der Waals surface area (Å²) in [6, 6.07) is 1.88. The fourth-order valence-electron chi connectivity index (χ4n) is 1.91. The van der Waals surface area contributed by atoms with E-state index in [-0.39, 0.29) is 0 Å². The van der Waals surface area contributed by atoms with Crippen molar-refractivity contribution in [2.24, 2.45) is 5.92 Å². The normalized spacial score (nSPS) is 12.2. The minimum absolute atomic E-state index is 0.654. The zero-order valence-corrected chi connectivity index (χ0v) is 12.5. The third-order valence-corrected chi connectivity index (χ3v) is 3.21. The molecule has 0 aliphatic carbocycles. The van der Waals surface area contributed by atoms with Gasteiger partial charge in [-0.1, -0.05) is 40.0 Å². The molecule has 4 heteroatoms. The molecule has 1 aromatic rings. The van der Waals surface area contributed by atoms with Crippen molar-refractivity contribution in [1.29, 1.82) is 0 Å². The maximum absolute atomic E-state index is 5.50. The molecule has 1 aromatic heterocycles. The predicted octanol–water partition coefficient (Wildman–Crippen LogP) is 3.89. The van der Waals surface area contributed by atoms with Crippen LogP contribution in [-0.4, -0.2) is 23.1 Å². The molecule has 1 N–H and O–H groups in total. The Morgan fingerprint density at radius 3 is 2.74 bits per heavy atom. The molecule has 0 bridgehead atoms. The number of unbranched alkanes of at least 4 members (excludes halogenated alkanes) is 1. The van der Waals surface area contributed by atoms with Crippen LogP contribution in [0.1, 0.15) is 52.9 Å². The van der Waals surface area contributed by atoms with E-state index in [9.17, 15) is 0 Å². The Kier molecular flexibility index (Phi) is 7.94. The molecule has 1 atom stereocenters. The van der Waals surface area contributed by atoms with Gasteiger partial charge in [-0.2, -0.15) is 0 Å². The molecule has 0 saturated carbocycles. The average Bonchev–Trinajstić information content (AvgIpc) is 2.46. The number of hydrogen-bond donors (Lipinski definition) is 1. The lowest BCUT2D eigenvalue weighted by atomic mass is 9.99. The highest BCUT2D eigenvalue weighted by Gasteiger charge is 2.06. The molecule has 4 nitrogen and oxygen atoms in total. The highest BCUT2D eigenvalue weighted by atomic mass is 16.5. The van der Waals surface area contributed by atoms with Crippen molar-refractivity contribution in [1.82, 2.24) is 9.97 Å². The van der Waals surface area contributed by atoms with Gasteiger partial charge in [-0.3, -0.25) is 0 Å². The van der Waals surface area contributed by atoms with E-state index in [4.69, 9.17) is 4.74 Å². The van der Waals surface area contributed by atoms with E-state index in [1.165, 1.54) is 25.7 Å². The predicted molar refractivity (Wildman–Crippen MR) is 79.6 cm³/mol. The van der Waals surface area contributed by atoms with E-state index < -0.39 is 0 Å². The molecule has 19 heavy (non-hydrogen) atoms. The van der Waals surface area contributed by atoms with Crippen LogP contribution >= 0.6 is 0 Å². The van der Waals surface area contributed by atoms with Crippen molar-refractivity contribution in [3.63, 3.8) is 0 Å². The van der Waals surface area contributed by atoms with Crippen LogP contribution in [0.3, 0.4) is 0 Å². The number of rotatable bonds is 10. The van der Waals surface area contributed by atoms with E-state index >= 15 is 0 Å². The first-order chi connectivity index (χ1) is 9.30. The van der Waals surface area contributed by atoms with Gasteiger partial charge >= 0.3 is 0 Å². The van der Waals surface area contributed by atoms with Crippen LogP contribution in [-0.2, 0) is 0 Å². The Hall–Kier alpha value is -1.32. The lowest BCUT2D eigenvalue weighted by molar-refractivity contribution is 0.305. The van der Waals surface area contributed by atoms with Crippen molar-refractivity contribution in [2.45, 2.75) is 52.9 Å². The Morgan fingerprint density at radius 1 is 1.21 bits per heavy atom. The maximum Gasteiger partial charge on any atom is 0.218 e. The van der Waals surface area contributed by atoms with Gasteiger partial charge in [-0.05, 0) is 18.8 Å². The van der Waals surface area contributed by atoms with Gasteiger partial charge < -0.3 is 10.1 Å². The van der Waals surface area contributed by atoms with Crippen LogP contribution in [0.5, 0.6) is 5.88 Å². The molecule has 1 heterocycles. The smallest absolute Gasteiger partial charge is 0.218 e. The molecular formula is C15H27N3O. The molecule has 0 aliphatic rings. The average molecular weight is 265 g/mol. The fraction of sp³-hybridized carbons (Fsp3) is 0.733. The minimum atomic E-state index is 0.654. The van der Waals surface area contributed by atoms with E-state index in [0.29, 0.717) is 12.5 Å². The molecule has 0 radical (unpaired) electrons. The van der Waals surface area contributed by atoms with Gasteiger partial charge in [-0.15, -0.1) is 0 Å². The number of ether oxygens (including phenoxy) is 1. The number of hydrogen-bond acceptors (Lipinski definition) is 4. The van der Waals surface area contributed by atoms with Crippen molar-refractivity contribution < 1.29 is 4.74 Å². The molecular weight excluding hydrogens is 238 g/mol. The largest absolute Gasteiger partial charge is 0.478 e. The summed E-state index contributed by atoms with van der Waals surface area (Å²) in [6.07, 6.45) is 7.59. The molecule has 0 saturated heterocycles. The third kappa shape index (κ3) is 6.41. The fourth-order valence-corrected chi connectivity index (χ4v) is 1.91. The number of anilines is 1. The van der Waals surface area contributed by atoms with Crippen molar-refractivity contribution in [3.05, 3.63) is 12.4 Å². The van der Waals surface area contributed by atoms with Crippen LogP contribution in [0.15, 0.2) is 12.4 Å². The van der Waals surface area contributed by atoms with E-state index in [1.54, 1.807) is 6.33 Å². The summed E-state index contributed by atoms with van der Waals surface area (Å²) in [7, 11) is 0. The summed E-state index contributed by atoms with van der Waals surface area (Å²) >= 11 is 0. The minimum Gasteiger partial charge on any atom is -0.478 e. The van der Waals surface area contributed by atoms with Crippen LogP contribution in [0.25, 0.3) is 0 Å². The first kappa shape index (κ1) is 15.7. The van der Waals surface area contributed by atoms with Crippen molar-refractivity contribution in [2.75, 3.05) is 18.5 Å². The molecule has 0 amide bonds. The first-order valence-electron chi connectivity index (χ1n) is 7.48. The van der Waals surface area contributed by atoms with E-state index in [1.807, 2.05) is 6.07 Å². The number of nitrogens with one attached hydrogen (secondary N) is 1. The quantitative estimate of drug-likeness (QED) is 0.697. The SMILES string of the molecule is CCCCC(CC)CNc1cc(OCCC)ncn1. The third-order valence-electron chi connectivity index (χ3n) is 3.21. The number of nitrogens with zero attached hydrogens (tertiary/aromatic N) is 2. The zero-order chi connectivity index (χ0) is 13.9. The van der Waals surface area contributed by atoms with Crippen LogP contribution < -0.4 is 10.1 Å². The summed E-state index contributed by atoms with van der Waals surface area (Å²) in [5.74, 6) is 2.23. The van der Waals surface area contributed by atoms with Crippen LogP contribution in [0.2, 0.25) is 0 Å². The molecule has 1 rings (SSSR count). The van der Waals surface area contributed by atoms with Crippen molar-refractivity contribution in [3.8, 4) is 5.88 Å². The maximum atomic E-state index is 5.50. The monoisotopic (exact) mass is 265 g/mol. The van der Waals surface area contributed by atoms with Gasteiger partial charge in [0.2, 0.25) is 5.88 Å². The van der Waals surface area contributed by atoms with Gasteiger partial charge in [0.05, 0.1) is 6.61 Å². The molecule has 0 fully saturated rings. The summed E-state index contributed by atoms with van der Waals surface area (Å²) in [5.41, 5.74) is 0. The molecule has 0 spiro atoms. The van der Waals surface area contributed by atoms with Gasteiger partial charge in [0.25, 0.3) is 0 Å². The second kappa shape index (κ2) is 9.59. The summed E-state index contributed by atoms with van der Waals surface area (Å²) < 4.78 is 5.50. The standard InChI is InChI=1S/C15H27N3O/c1-4-7-8-13(6-3)11-16-14-10-15(18-12-17-14)19-9-5-2/h10,12-13H,4-9,11H2,1-3H3,(H,16,17,18). The van der Waals surface area contributed by atoms with Gasteiger partial charge in [0, 0.05) is 12.6 Å². The Bertz CT molecular complexity index is 344. The van der Waals surface area contributed by atoms with Crippen LogP contribution in [0.4, 0.5) is 5.82 Å². The highest BCUT2D eigenvalue weighted by molar-refractivity contribution is 5.36. The second-order valence-corrected chi connectivity index (χ2v) is 4.89. The van der Waals surface area contributed by atoms with Crippen molar-refractivity contribution >= 4 is 5.82 Å². The second-order valence-electron chi connectivity index (χ2n) is 4.89. The lowest BCUT2D eigenvalue weighted by Crippen LogP contribution is -2.14. The molecule has 0 aromatic carbocycles. The van der Waals surface area contributed by atoms with Gasteiger partial charge in [0.15, 0.2) is 0 Å². The van der Waals surface area contributed by atoms with E-state index in [2.05, 4.69) is 36.1 Å². The Balaban J connectivity index is 2.42. The lowest BCUT2D eigenvalue weighted by Gasteiger charge is -2.15. The summed E-state index contributed by atoms with van der Waals surface area (Å²) in [6.45, 7) is 8.24. The van der Waals surface area contributed by atoms with Gasteiger partial charge in [0.1, 0.15) is 12.1 Å². The van der Waals surface area contributed by atoms with Gasteiger partial charge in [-0.25, -0.2) is 9.97 Å².